The maximum atomic E-state index is 14.5. The molecule has 0 aliphatic heterocycles. The third-order valence-corrected chi connectivity index (χ3v) is 4.94. The zero-order valence-corrected chi connectivity index (χ0v) is 16.1. The number of aromatic amines is 1. The van der Waals surface area contributed by atoms with Gasteiger partial charge in [-0.1, -0.05) is 18.2 Å². The van der Waals surface area contributed by atoms with Gasteiger partial charge in [-0.25, -0.2) is 19.3 Å². The van der Waals surface area contributed by atoms with E-state index in [1.54, 1.807) is 24.4 Å². The second kappa shape index (κ2) is 7.07. The van der Waals surface area contributed by atoms with Crippen LogP contribution < -0.4 is 10.9 Å². The molecule has 3 aromatic heterocycles. The molecule has 0 aliphatic rings. The Morgan fingerprint density at radius 1 is 1.13 bits per heavy atom. The predicted molar refractivity (Wildman–Crippen MR) is 113 cm³/mol. The number of anilines is 1. The molecule has 5 aromatic rings. The normalized spacial score (nSPS) is 11.3. The van der Waals surface area contributed by atoms with Crippen LogP contribution in [0.4, 0.5) is 10.2 Å². The lowest BCUT2D eigenvalue weighted by Crippen LogP contribution is -2.26. The predicted octanol–water partition coefficient (Wildman–Crippen LogP) is 3.72. The molecule has 0 radical (unpaired) electrons. The smallest absolute Gasteiger partial charge is 0.269 e. The topological polar surface area (TPSA) is 88.5 Å². The maximum Gasteiger partial charge on any atom is 0.269 e. The molecule has 0 spiro atoms. The van der Waals surface area contributed by atoms with Crippen molar-refractivity contribution in [3.05, 3.63) is 88.6 Å². The molecule has 3 heterocycles. The molecule has 2 aromatic carbocycles. The molecular weight excluding hydrogens is 383 g/mol. The van der Waals surface area contributed by atoms with Crippen LogP contribution in [0.2, 0.25) is 0 Å². The van der Waals surface area contributed by atoms with E-state index >= 15 is 0 Å². The summed E-state index contributed by atoms with van der Waals surface area (Å²) >= 11 is 0. The lowest BCUT2D eigenvalue weighted by molar-refractivity contribution is 0.636. The zero-order valence-electron chi connectivity index (χ0n) is 16.1. The second-order valence-electron chi connectivity index (χ2n) is 6.96. The van der Waals surface area contributed by atoms with Gasteiger partial charge in [0.2, 0.25) is 0 Å². The number of hydrogen-bond donors (Lipinski definition) is 2. The Balaban J connectivity index is 1.67. The van der Waals surface area contributed by atoms with E-state index in [0.29, 0.717) is 28.5 Å². The molecule has 0 saturated heterocycles. The van der Waals surface area contributed by atoms with Gasteiger partial charge in [0.1, 0.15) is 34.8 Å². The number of hydrogen-bond acceptors (Lipinski definition) is 5. The number of H-pyrrole nitrogens is 1. The largest absolute Gasteiger partial charge is 0.362 e. The van der Waals surface area contributed by atoms with Crippen LogP contribution in [0.5, 0.6) is 0 Å². The van der Waals surface area contributed by atoms with Crippen molar-refractivity contribution in [1.29, 1.82) is 0 Å². The third-order valence-electron chi connectivity index (χ3n) is 4.94. The highest BCUT2D eigenvalue weighted by molar-refractivity contribution is 5.86. The van der Waals surface area contributed by atoms with E-state index in [0.717, 1.165) is 10.9 Å². The van der Waals surface area contributed by atoms with Crippen molar-refractivity contribution >= 4 is 27.8 Å². The summed E-state index contributed by atoms with van der Waals surface area (Å²) in [5.74, 6) is 0.479. The minimum absolute atomic E-state index is 0.0298. The second-order valence-corrected chi connectivity index (χ2v) is 6.96. The highest BCUT2D eigenvalue weighted by Crippen LogP contribution is 2.20. The molecule has 5 rings (SSSR count). The van der Waals surface area contributed by atoms with Gasteiger partial charge >= 0.3 is 0 Å². The highest BCUT2D eigenvalue weighted by atomic mass is 19.1. The lowest BCUT2D eigenvalue weighted by Gasteiger charge is -2.15. The van der Waals surface area contributed by atoms with Gasteiger partial charge in [-0.15, -0.1) is 0 Å². The Hall–Kier alpha value is -4.07. The average molecular weight is 400 g/mol. The fraction of sp³-hybridized carbons (Fsp3) is 0.0909. The standard InChI is InChI=1S/C22H17FN6O/c1-13-4-2-5-14(10-13)29-18(28-17-7-3-6-16(23)19(17)22(29)30)11-25-21-15-8-9-24-20(15)26-12-27-21/h2-10,12H,11H2,1H3,(H2,24,25,26,27). The number of fused-ring (bicyclic) bond motifs is 2. The quantitative estimate of drug-likeness (QED) is 0.480. The highest BCUT2D eigenvalue weighted by Gasteiger charge is 2.16. The first kappa shape index (κ1) is 18.0. The molecule has 2 N–H and O–H groups in total. The van der Waals surface area contributed by atoms with Gasteiger partial charge in [-0.3, -0.25) is 9.36 Å². The van der Waals surface area contributed by atoms with Crippen molar-refractivity contribution in [2.24, 2.45) is 0 Å². The number of nitrogens with one attached hydrogen (secondary N) is 2. The van der Waals surface area contributed by atoms with Crippen LogP contribution in [-0.4, -0.2) is 24.5 Å². The third kappa shape index (κ3) is 2.98. The van der Waals surface area contributed by atoms with Gasteiger partial charge in [0.05, 0.1) is 23.1 Å². The summed E-state index contributed by atoms with van der Waals surface area (Å²) in [5.41, 5.74) is 2.18. The lowest BCUT2D eigenvalue weighted by atomic mass is 10.2. The van der Waals surface area contributed by atoms with E-state index in [9.17, 15) is 9.18 Å². The summed E-state index contributed by atoms with van der Waals surface area (Å²) < 4.78 is 15.9. The first-order valence-electron chi connectivity index (χ1n) is 9.41. The summed E-state index contributed by atoms with van der Waals surface area (Å²) in [6.07, 6.45) is 3.24. The summed E-state index contributed by atoms with van der Waals surface area (Å²) in [4.78, 5) is 29.4. The number of benzene rings is 2. The Morgan fingerprint density at radius 3 is 2.87 bits per heavy atom. The summed E-state index contributed by atoms with van der Waals surface area (Å²) in [7, 11) is 0. The maximum absolute atomic E-state index is 14.5. The number of aryl methyl sites for hydroxylation is 1. The Kier molecular flexibility index (Phi) is 4.24. The summed E-state index contributed by atoms with van der Waals surface area (Å²) in [6.45, 7) is 2.15. The molecule has 0 aliphatic carbocycles. The molecular formula is C22H17FN6O. The molecule has 8 heteroatoms. The Bertz CT molecular complexity index is 1460. The number of rotatable bonds is 4. The molecule has 0 fully saturated rings. The van der Waals surface area contributed by atoms with Gasteiger partial charge in [0.25, 0.3) is 5.56 Å². The Morgan fingerprint density at radius 2 is 2.00 bits per heavy atom. The van der Waals surface area contributed by atoms with Gasteiger partial charge in [-0.05, 0) is 42.8 Å². The molecule has 0 amide bonds. The van der Waals surface area contributed by atoms with Crippen molar-refractivity contribution in [3.63, 3.8) is 0 Å². The molecule has 7 nitrogen and oxygen atoms in total. The van der Waals surface area contributed by atoms with E-state index in [1.165, 1.54) is 17.0 Å². The van der Waals surface area contributed by atoms with Crippen molar-refractivity contribution in [2.75, 3.05) is 5.32 Å². The van der Waals surface area contributed by atoms with Crippen molar-refractivity contribution in [3.8, 4) is 5.69 Å². The minimum atomic E-state index is -0.587. The van der Waals surface area contributed by atoms with Gasteiger partial charge in [0.15, 0.2) is 0 Å². The zero-order chi connectivity index (χ0) is 20.7. The minimum Gasteiger partial charge on any atom is -0.362 e. The van der Waals surface area contributed by atoms with E-state index in [2.05, 4.69) is 25.3 Å². The molecule has 0 unspecified atom stereocenters. The number of aromatic nitrogens is 5. The van der Waals surface area contributed by atoms with E-state index in [1.807, 2.05) is 31.2 Å². The van der Waals surface area contributed by atoms with Crippen molar-refractivity contribution < 1.29 is 4.39 Å². The summed E-state index contributed by atoms with van der Waals surface area (Å²) in [6, 6.07) is 13.8. The van der Waals surface area contributed by atoms with Crippen LogP contribution in [0.15, 0.2) is 65.8 Å². The van der Waals surface area contributed by atoms with Crippen LogP contribution >= 0.6 is 0 Å². The SMILES string of the molecule is Cc1cccc(-n2c(CNc3ncnc4[nH]ccc34)nc3cccc(F)c3c2=O)c1. The van der Waals surface area contributed by atoms with Crippen molar-refractivity contribution in [2.45, 2.75) is 13.5 Å². The summed E-state index contributed by atoms with van der Waals surface area (Å²) in [5, 5.41) is 4.03. The van der Waals surface area contributed by atoms with Crippen LogP contribution in [0.1, 0.15) is 11.4 Å². The first-order valence-corrected chi connectivity index (χ1v) is 9.41. The number of nitrogens with zero attached hydrogens (tertiary/aromatic N) is 4. The van der Waals surface area contributed by atoms with Gasteiger partial charge in [0, 0.05) is 6.20 Å². The Labute approximate surface area is 170 Å². The fourth-order valence-corrected chi connectivity index (χ4v) is 3.56. The van der Waals surface area contributed by atoms with Crippen molar-refractivity contribution in [1.82, 2.24) is 24.5 Å². The van der Waals surface area contributed by atoms with Gasteiger partial charge < -0.3 is 10.3 Å². The van der Waals surface area contributed by atoms with Crippen LogP contribution in [-0.2, 0) is 6.54 Å². The van der Waals surface area contributed by atoms with Crippen LogP contribution in [0.25, 0.3) is 27.6 Å². The van der Waals surface area contributed by atoms with Crippen LogP contribution in [0, 0.1) is 12.7 Å². The van der Waals surface area contributed by atoms with E-state index in [-0.39, 0.29) is 11.9 Å². The first-order chi connectivity index (χ1) is 14.6. The fourth-order valence-electron chi connectivity index (χ4n) is 3.56. The molecule has 0 bridgehead atoms. The molecule has 30 heavy (non-hydrogen) atoms. The molecule has 0 saturated carbocycles. The monoisotopic (exact) mass is 400 g/mol. The van der Waals surface area contributed by atoms with E-state index in [4.69, 9.17) is 0 Å². The molecule has 148 valence electrons. The van der Waals surface area contributed by atoms with E-state index < -0.39 is 11.4 Å². The van der Waals surface area contributed by atoms with Crippen LogP contribution in [0.3, 0.4) is 0 Å². The average Bonchev–Trinajstić information content (AvgIpc) is 3.21. The molecule has 0 atom stereocenters. The number of halogens is 1. The van der Waals surface area contributed by atoms with Gasteiger partial charge in [-0.2, -0.15) is 0 Å².